The van der Waals surface area contributed by atoms with E-state index in [1.807, 2.05) is 0 Å². The molecule has 3 aromatic rings. The second-order valence-electron chi connectivity index (χ2n) is 7.66. The van der Waals surface area contributed by atoms with Crippen LogP contribution in [0.2, 0.25) is 0 Å². The third-order valence-corrected chi connectivity index (χ3v) is 5.60. The number of amides is 1. The summed E-state index contributed by atoms with van der Waals surface area (Å²) < 4.78 is 40.3. The minimum Gasteiger partial charge on any atom is -0.506 e. The van der Waals surface area contributed by atoms with Gasteiger partial charge in [-0.05, 0) is 29.8 Å². The Balaban J connectivity index is 1.95. The van der Waals surface area contributed by atoms with E-state index in [2.05, 4.69) is 5.32 Å². The van der Waals surface area contributed by atoms with Crippen molar-refractivity contribution in [2.75, 3.05) is 25.0 Å². The van der Waals surface area contributed by atoms with Crippen molar-refractivity contribution in [3.63, 3.8) is 0 Å². The minimum atomic E-state index is -4.52. The fraction of sp³-hybridized carbons (Fsp3) is 0.227. The number of hydrogen-bond donors (Lipinski definition) is 3. The van der Waals surface area contributed by atoms with Crippen LogP contribution in [0.4, 0.5) is 18.9 Å². The molecule has 0 spiro atoms. The molecular weight excluding hydrogens is 443 g/mol. The predicted molar refractivity (Wildman–Crippen MR) is 113 cm³/mol. The van der Waals surface area contributed by atoms with Crippen molar-refractivity contribution in [1.82, 2.24) is 9.88 Å². The van der Waals surface area contributed by atoms with E-state index < -0.39 is 53.1 Å². The monoisotopic (exact) mass is 461 g/mol. The number of aliphatic carboxylic acids is 1. The van der Waals surface area contributed by atoms with Crippen LogP contribution < -0.4 is 15.8 Å². The molecule has 1 atom stereocenters. The first-order valence-corrected chi connectivity index (χ1v) is 9.79. The molecule has 0 aliphatic carbocycles. The van der Waals surface area contributed by atoms with Crippen LogP contribution in [0.5, 0.6) is 5.75 Å². The van der Waals surface area contributed by atoms with E-state index in [1.54, 1.807) is 24.1 Å². The number of nitrogens with one attached hydrogen (secondary N) is 1. The molecule has 2 aromatic carbocycles. The number of carbonyl (C=O) groups excluding carboxylic acids is 1. The summed E-state index contributed by atoms with van der Waals surface area (Å²) >= 11 is 0. The molecule has 0 fully saturated rings. The third kappa shape index (κ3) is 3.75. The summed E-state index contributed by atoms with van der Waals surface area (Å²) in [5.74, 6) is -3.00. The van der Waals surface area contributed by atoms with Gasteiger partial charge in [-0.1, -0.05) is 18.2 Å². The van der Waals surface area contributed by atoms with Crippen LogP contribution in [0.3, 0.4) is 0 Å². The summed E-state index contributed by atoms with van der Waals surface area (Å²) in [7, 11) is 1.74. The molecule has 2 heterocycles. The number of para-hydroxylation sites is 1. The van der Waals surface area contributed by atoms with Gasteiger partial charge in [-0.25, -0.2) is 0 Å². The zero-order chi connectivity index (χ0) is 24.1. The standard InChI is InChI=1S/C22H18F3N3O5/c1-27-10-15(11-5-7-12(8-6-11)22(23,24)25)28-18-13(3-2-4-14(18)27)19(31)17(21(28)33)20(32)26-9-16(29)30/h2-8,15,31H,9-10H2,1H3,(H,26,32)(H,29,30). The molecular formula is C22H18F3N3O5. The molecule has 3 N–H and O–H groups in total. The molecule has 33 heavy (non-hydrogen) atoms. The number of rotatable bonds is 4. The molecule has 1 amide bonds. The highest BCUT2D eigenvalue weighted by atomic mass is 19.4. The van der Waals surface area contributed by atoms with Crippen LogP contribution in [-0.4, -0.2) is 46.8 Å². The highest BCUT2D eigenvalue weighted by Crippen LogP contribution is 2.39. The SMILES string of the molecule is CN1CC(c2ccc(C(F)(F)F)cc2)n2c(=O)c(C(=O)NCC(=O)O)c(O)c3cccc1c32. The largest absolute Gasteiger partial charge is 0.506 e. The van der Waals surface area contributed by atoms with Crippen LogP contribution in [0.15, 0.2) is 47.3 Å². The third-order valence-electron chi connectivity index (χ3n) is 5.60. The maximum absolute atomic E-state index is 13.4. The van der Waals surface area contributed by atoms with E-state index in [4.69, 9.17) is 5.11 Å². The van der Waals surface area contributed by atoms with Gasteiger partial charge in [0.15, 0.2) is 0 Å². The van der Waals surface area contributed by atoms with Gasteiger partial charge in [0.05, 0.1) is 22.8 Å². The van der Waals surface area contributed by atoms with Crippen LogP contribution in [0.25, 0.3) is 10.9 Å². The molecule has 172 valence electrons. The summed E-state index contributed by atoms with van der Waals surface area (Å²) in [6.45, 7) is -0.556. The zero-order valence-electron chi connectivity index (χ0n) is 17.2. The summed E-state index contributed by atoms with van der Waals surface area (Å²) in [5, 5.41) is 21.8. The minimum absolute atomic E-state index is 0.177. The number of halogens is 3. The quantitative estimate of drug-likeness (QED) is 0.551. The number of aromatic hydroxyl groups is 1. The lowest BCUT2D eigenvalue weighted by atomic mass is 9.98. The van der Waals surface area contributed by atoms with Crippen LogP contribution in [0.1, 0.15) is 27.5 Å². The summed E-state index contributed by atoms with van der Waals surface area (Å²) in [6.07, 6.45) is -4.52. The second-order valence-corrected chi connectivity index (χ2v) is 7.66. The summed E-state index contributed by atoms with van der Waals surface area (Å²) in [6, 6.07) is 8.44. The average molecular weight is 461 g/mol. The lowest BCUT2D eigenvalue weighted by Gasteiger charge is -2.35. The molecule has 1 unspecified atom stereocenters. The highest BCUT2D eigenvalue weighted by Gasteiger charge is 2.34. The number of carboxylic acids is 1. The van der Waals surface area contributed by atoms with Crippen LogP contribution in [-0.2, 0) is 11.0 Å². The number of aromatic nitrogens is 1. The molecule has 0 saturated heterocycles. The van der Waals surface area contributed by atoms with E-state index in [9.17, 15) is 32.7 Å². The van der Waals surface area contributed by atoms with E-state index >= 15 is 0 Å². The molecule has 4 rings (SSSR count). The Kier molecular flexibility index (Phi) is 5.27. The number of pyridine rings is 1. The molecule has 0 radical (unpaired) electrons. The Labute approximate surface area is 184 Å². The van der Waals surface area contributed by atoms with Gasteiger partial charge >= 0.3 is 12.1 Å². The highest BCUT2D eigenvalue weighted by molar-refractivity contribution is 6.05. The van der Waals surface area contributed by atoms with Crippen molar-refractivity contribution in [2.24, 2.45) is 0 Å². The number of hydrogen-bond acceptors (Lipinski definition) is 5. The average Bonchev–Trinajstić information content (AvgIpc) is 2.76. The van der Waals surface area contributed by atoms with Crippen molar-refractivity contribution >= 4 is 28.5 Å². The van der Waals surface area contributed by atoms with Gasteiger partial charge in [0.2, 0.25) is 0 Å². The van der Waals surface area contributed by atoms with Crippen molar-refractivity contribution in [3.05, 3.63) is 69.5 Å². The van der Waals surface area contributed by atoms with Crippen molar-refractivity contribution in [2.45, 2.75) is 12.2 Å². The fourth-order valence-corrected chi connectivity index (χ4v) is 4.08. The van der Waals surface area contributed by atoms with Gasteiger partial charge in [0, 0.05) is 19.0 Å². The van der Waals surface area contributed by atoms with E-state index in [-0.39, 0.29) is 11.9 Å². The van der Waals surface area contributed by atoms with Gasteiger partial charge in [-0.2, -0.15) is 13.2 Å². The Morgan fingerprint density at radius 3 is 2.42 bits per heavy atom. The number of benzene rings is 2. The lowest BCUT2D eigenvalue weighted by molar-refractivity contribution is -0.138. The second kappa shape index (κ2) is 7.84. The number of carboxylic acid groups (broad SMARTS) is 1. The Morgan fingerprint density at radius 2 is 1.82 bits per heavy atom. The normalized spacial score (nSPS) is 15.5. The smallest absolute Gasteiger partial charge is 0.416 e. The maximum Gasteiger partial charge on any atom is 0.416 e. The Morgan fingerprint density at radius 1 is 1.15 bits per heavy atom. The van der Waals surface area contributed by atoms with E-state index in [0.717, 1.165) is 12.1 Å². The molecule has 1 aliphatic rings. The number of likely N-dealkylation sites (N-methyl/N-ethyl adjacent to an activating group) is 1. The number of anilines is 1. The molecule has 1 aromatic heterocycles. The molecule has 0 bridgehead atoms. The van der Waals surface area contributed by atoms with Crippen LogP contribution in [0, 0.1) is 0 Å². The van der Waals surface area contributed by atoms with Crippen molar-refractivity contribution < 1.29 is 33.0 Å². The Hall–Kier alpha value is -4.02. The lowest BCUT2D eigenvalue weighted by Crippen LogP contribution is -2.42. The fourth-order valence-electron chi connectivity index (χ4n) is 4.08. The van der Waals surface area contributed by atoms with Crippen LogP contribution >= 0.6 is 0 Å². The zero-order valence-corrected chi connectivity index (χ0v) is 17.2. The first-order valence-electron chi connectivity index (χ1n) is 9.79. The van der Waals surface area contributed by atoms with Gasteiger partial charge < -0.3 is 20.4 Å². The first kappa shape index (κ1) is 22.2. The molecule has 8 nitrogen and oxygen atoms in total. The number of alkyl halides is 3. The van der Waals surface area contributed by atoms with Gasteiger partial charge in [-0.3, -0.25) is 19.0 Å². The molecule has 11 heteroatoms. The van der Waals surface area contributed by atoms with E-state index in [1.165, 1.54) is 22.8 Å². The van der Waals surface area contributed by atoms with Crippen molar-refractivity contribution in [1.29, 1.82) is 0 Å². The topological polar surface area (TPSA) is 112 Å². The van der Waals surface area contributed by atoms with Crippen molar-refractivity contribution in [3.8, 4) is 5.75 Å². The molecule has 0 saturated carbocycles. The van der Waals surface area contributed by atoms with E-state index in [0.29, 0.717) is 16.8 Å². The van der Waals surface area contributed by atoms with Gasteiger partial charge in [-0.15, -0.1) is 0 Å². The van der Waals surface area contributed by atoms with Gasteiger partial charge in [0.25, 0.3) is 11.5 Å². The predicted octanol–water partition coefficient (Wildman–Crippen LogP) is 2.58. The van der Waals surface area contributed by atoms with Gasteiger partial charge in [0.1, 0.15) is 17.9 Å². The summed E-state index contributed by atoms with van der Waals surface area (Å²) in [5.41, 5.74) is -1.06. The Bertz CT molecular complexity index is 1330. The molecule has 1 aliphatic heterocycles. The maximum atomic E-state index is 13.4. The number of carbonyl (C=O) groups is 2. The first-order chi connectivity index (χ1) is 15.5. The number of nitrogens with zero attached hydrogens (tertiary/aromatic N) is 2. The summed E-state index contributed by atoms with van der Waals surface area (Å²) in [4.78, 5) is 38.6.